The maximum atomic E-state index is 13.3. The van der Waals surface area contributed by atoms with E-state index in [1.54, 1.807) is 6.07 Å². The quantitative estimate of drug-likeness (QED) is 0.888. The summed E-state index contributed by atoms with van der Waals surface area (Å²) in [6.45, 7) is 5.50. The first kappa shape index (κ1) is 13.1. The summed E-state index contributed by atoms with van der Waals surface area (Å²) in [4.78, 5) is 0. The van der Waals surface area contributed by atoms with E-state index in [9.17, 15) is 9.65 Å². The van der Waals surface area contributed by atoms with Gasteiger partial charge in [0.25, 0.3) is 0 Å². The molecular weight excluding hydrogens is 243 g/mol. The van der Waals surface area contributed by atoms with Gasteiger partial charge in [0.1, 0.15) is 11.9 Å². The maximum Gasteiger partial charge on any atom is 0.143 e. The maximum absolute atomic E-state index is 13.3. The monoisotopic (exact) mass is 258 g/mol. The van der Waals surface area contributed by atoms with Crippen LogP contribution < -0.4 is 5.32 Å². The Kier molecular flexibility index (Phi) is 3.52. The van der Waals surface area contributed by atoms with Gasteiger partial charge in [-0.15, -0.1) is 0 Å². The van der Waals surface area contributed by atoms with E-state index in [-0.39, 0.29) is 5.82 Å². The molecule has 0 aliphatic carbocycles. The van der Waals surface area contributed by atoms with Crippen LogP contribution in [0.15, 0.2) is 18.2 Å². The molecule has 1 aromatic heterocycles. The zero-order valence-corrected chi connectivity index (χ0v) is 11.1. The first-order valence-electron chi connectivity index (χ1n) is 5.96. The van der Waals surface area contributed by atoms with Gasteiger partial charge in [-0.3, -0.25) is 5.10 Å². The van der Waals surface area contributed by atoms with Crippen molar-refractivity contribution in [2.45, 2.75) is 26.8 Å². The highest BCUT2D eigenvalue weighted by molar-refractivity contribution is 5.50. The molecule has 2 rings (SSSR count). The standard InChI is InChI=1S/C14H15FN4/c1-8-4-11(15)6-12(5-8)17-13(7-16)14-9(2)18-19-10(14)3/h4-6,13,17H,1-3H3,(H,18,19). The number of nitrogens with zero attached hydrogens (tertiary/aromatic N) is 2. The SMILES string of the molecule is Cc1cc(F)cc(NC(C#N)c2c(C)n[nH]c2C)c1. The molecule has 1 atom stereocenters. The summed E-state index contributed by atoms with van der Waals surface area (Å²) in [5.74, 6) is -0.320. The fourth-order valence-electron chi connectivity index (χ4n) is 2.14. The fraction of sp³-hybridized carbons (Fsp3) is 0.286. The third-order valence-corrected chi connectivity index (χ3v) is 2.96. The number of halogens is 1. The van der Waals surface area contributed by atoms with Crippen molar-refractivity contribution in [2.24, 2.45) is 0 Å². The van der Waals surface area contributed by atoms with Crippen molar-refractivity contribution in [3.63, 3.8) is 0 Å². The lowest BCUT2D eigenvalue weighted by Gasteiger charge is -2.14. The van der Waals surface area contributed by atoms with E-state index in [2.05, 4.69) is 21.6 Å². The van der Waals surface area contributed by atoms with Crippen molar-refractivity contribution in [3.05, 3.63) is 46.5 Å². The summed E-state index contributed by atoms with van der Waals surface area (Å²) in [6.07, 6.45) is 0. The predicted octanol–water partition coefficient (Wildman–Crippen LogP) is 3.15. The number of rotatable bonds is 3. The number of nitriles is 1. The van der Waals surface area contributed by atoms with Crippen LogP contribution >= 0.6 is 0 Å². The lowest BCUT2D eigenvalue weighted by atomic mass is 10.1. The zero-order chi connectivity index (χ0) is 14.0. The highest BCUT2D eigenvalue weighted by Crippen LogP contribution is 2.24. The van der Waals surface area contributed by atoms with Crippen molar-refractivity contribution in [1.29, 1.82) is 5.26 Å². The van der Waals surface area contributed by atoms with E-state index >= 15 is 0 Å². The van der Waals surface area contributed by atoms with Crippen LogP contribution in [0.3, 0.4) is 0 Å². The number of hydrogen-bond acceptors (Lipinski definition) is 3. The van der Waals surface area contributed by atoms with Crippen LogP contribution in [-0.2, 0) is 0 Å². The Morgan fingerprint density at radius 2 is 2.05 bits per heavy atom. The smallest absolute Gasteiger partial charge is 0.143 e. The molecule has 2 aromatic rings. The van der Waals surface area contributed by atoms with Crippen LogP contribution in [0.25, 0.3) is 0 Å². The second kappa shape index (κ2) is 5.11. The normalized spacial score (nSPS) is 11.9. The van der Waals surface area contributed by atoms with Crippen LogP contribution in [0.1, 0.15) is 28.6 Å². The van der Waals surface area contributed by atoms with E-state index in [0.29, 0.717) is 5.69 Å². The Hall–Kier alpha value is -2.35. The number of aromatic nitrogens is 2. The number of nitrogens with one attached hydrogen (secondary N) is 2. The topological polar surface area (TPSA) is 64.5 Å². The van der Waals surface area contributed by atoms with Crippen LogP contribution in [0.2, 0.25) is 0 Å². The fourth-order valence-corrected chi connectivity index (χ4v) is 2.14. The van der Waals surface area contributed by atoms with Gasteiger partial charge in [0.15, 0.2) is 0 Å². The molecule has 1 heterocycles. The molecule has 5 heteroatoms. The first-order valence-corrected chi connectivity index (χ1v) is 5.96. The Balaban J connectivity index is 2.32. The number of benzene rings is 1. The van der Waals surface area contributed by atoms with Crippen LogP contribution in [0.4, 0.5) is 10.1 Å². The van der Waals surface area contributed by atoms with Crippen molar-refractivity contribution >= 4 is 5.69 Å². The minimum atomic E-state index is -0.556. The number of aromatic amines is 1. The highest BCUT2D eigenvalue weighted by Gasteiger charge is 2.18. The Morgan fingerprint density at radius 3 is 2.58 bits per heavy atom. The minimum absolute atomic E-state index is 0.320. The van der Waals surface area contributed by atoms with Gasteiger partial charge in [0, 0.05) is 16.9 Å². The van der Waals surface area contributed by atoms with Gasteiger partial charge in [-0.25, -0.2) is 4.39 Å². The molecule has 0 spiro atoms. The van der Waals surface area contributed by atoms with Crippen molar-refractivity contribution in [1.82, 2.24) is 10.2 Å². The Morgan fingerprint density at radius 1 is 1.32 bits per heavy atom. The van der Waals surface area contributed by atoms with Crippen molar-refractivity contribution in [3.8, 4) is 6.07 Å². The Bertz CT molecular complexity index is 600. The summed E-state index contributed by atoms with van der Waals surface area (Å²) in [5.41, 5.74) is 3.81. The van der Waals surface area contributed by atoms with Crippen LogP contribution in [-0.4, -0.2) is 10.2 Å². The van der Waals surface area contributed by atoms with E-state index in [0.717, 1.165) is 22.5 Å². The predicted molar refractivity (Wildman–Crippen MR) is 71.2 cm³/mol. The van der Waals surface area contributed by atoms with Gasteiger partial charge in [-0.05, 0) is 44.5 Å². The molecule has 0 radical (unpaired) electrons. The molecule has 2 N–H and O–H groups in total. The van der Waals surface area contributed by atoms with E-state index < -0.39 is 6.04 Å². The van der Waals surface area contributed by atoms with E-state index in [4.69, 9.17) is 0 Å². The van der Waals surface area contributed by atoms with Gasteiger partial charge in [-0.1, -0.05) is 0 Å². The number of hydrogen-bond donors (Lipinski definition) is 2. The summed E-state index contributed by atoms with van der Waals surface area (Å²) >= 11 is 0. The molecule has 19 heavy (non-hydrogen) atoms. The molecule has 0 bridgehead atoms. The highest BCUT2D eigenvalue weighted by atomic mass is 19.1. The van der Waals surface area contributed by atoms with Crippen molar-refractivity contribution < 1.29 is 4.39 Å². The average molecular weight is 258 g/mol. The van der Waals surface area contributed by atoms with Gasteiger partial charge in [0.05, 0.1) is 11.8 Å². The van der Waals surface area contributed by atoms with E-state index in [1.807, 2.05) is 20.8 Å². The lowest BCUT2D eigenvalue weighted by Crippen LogP contribution is -2.10. The molecule has 1 unspecified atom stereocenters. The minimum Gasteiger partial charge on any atom is -0.366 e. The average Bonchev–Trinajstić information content (AvgIpc) is 2.65. The third kappa shape index (κ3) is 2.74. The molecule has 4 nitrogen and oxygen atoms in total. The summed E-state index contributed by atoms with van der Waals surface area (Å²) in [7, 11) is 0. The molecular formula is C14H15FN4. The molecule has 0 saturated heterocycles. The molecule has 0 aliphatic rings. The van der Waals surface area contributed by atoms with Gasteiger partial charge in [0.2, 0.25) is 0 Å². The first-order chi connectivity index (χ1) is 9.01. The molecule has 0 aliphatic heterocycles. The molecule has 0 saturated carbocycles. The molecule has 1 aromatic carbocycles. The molecule has 0 fully saturated rings. The Labute approximate surface area is 111 Å². The number of H-pyrrole nitrogens is 1. The third-order valence-electron chi connectivity index (χ3n) is 2.96. The summed E-state index contributed by atoms with van der Waals surface area (Å²) in [6, 6.07) is 6.25. The van der Waals surface area contributed by atoms with Gasteiger partial charge in [-0.2, -0.15) is 10.4 Å². The number of anilines is 1. The lowest BCUT2D eigenvalue weighted by molar-refractivity contribution is 0.627. The van der Waals surface area contributed by atoms with Gasteiger partial charge >= 0.3 is 0 Å². The molecule has 98 valence electrons. The van der Waals surface area contributed by atoms with Gasteiger partial charge < -0.3 is 5.32 Å². The largest absolute Gasteiger partial charge is 0.366 e. The second-order valence-electron chi connectivity index (χ2n) is 4.57. The van der Waals surface area contributed by atoms with Crippen LogP contribution in [0.5, 0.6) is 0 Å². The summed E-state index contributed by atoms with van der Waals surface area (Å²) < 4.78 is 13.3. The van der Waals surface area contributed by atoms with Crippen LogP contribution in [0, 0.1) is 37.9 Å². The summed E-state index contributed by atoms with van der Waals surface area (Å²) in [5, 5.41) is 19.2. The number of aryl methyl sites for hydroxylation is 3. The zero-order valence-electron chi connectivity index (χ0n) is 11.1. The molecule has 0 amide bonds. The van der Waals surface area contributed by atoms with E-state index in [1.165, 1.54) is 12.1 Å². The van der Waals surface area contributed by atoms with Crippen molar-refractivity contribution in [2.75, 3.05) is 5.32 Å². The second-order valence-corrected chi connectivity index (χ2v) is 4.57.